The van der Waals surface area contributed by atoms with Crippen LogP contribution in [-0.4, -0.2) is 9.38 Å². The molecule has 0 amide bonds. The Bertz CT molecular complexity index is 916. The Morgan fingerprint density at radius 1 is 1.16 bits per heavy atom. The summed E-state index contributed by atoms with van der Waals surface area (Å²) in [5.41, 5.74) is 1.69. The molecule has 2 nitrogen and oxygen atoms in total. The molecule has 95 valence electrons. The van der Waals surface area contributed by atoms with E-state index >= 15 is 0 Å². The van der Waals surface area contributed by atoms with E-state index in [1.807, 2.05) is 46.9 Å². The molecule has 19 heavy (non-hydrogen) atoms. The SMILES string of the molecule is [2H]C([2H])([2H])c1cn2c3ccccc3c3ccc[c-]c3c2n1.[Ir]. The van der Waals surface area contributed by atoms with Crippen LogP contribution in [0.5, 0.6) is 0 Å². The van der Waals surface area contributed by atoms with E-state index < -0.39 is 6.85 Å². The van der Waals surface area contributed by atoms with Gasteiger partial charge in [-0.15, -0.1) is 29.7 Å². The van der Waals surface area contributed by atoms with Gasteiger partial charge < -0.3 is 4.40 Å². The second kappa shape index (κ2) is 4.44. The zero-order valence-electron chi connectivity index (χ0n) is 12.8. The predicted octanol–water partition coefficient (Wildman–Crippen LogP) is 3.75. The Kier molecular flexibility index (Phi) is 2.16. The molecular formula is C16H11IrN2-. The quantitative estimate of drug-likeness (QED) is 0.309. The third-order valence-corrected chi connectivity index (χ3v) is 3.24. The van der Waals surface area contributed by atoms with E-state index in [1.54, 1.807) is 6.20 Å². The Labute approximate surface area is 128 Å². The summed E-state index contributed by atoms with van der Waals surface area (Å²) in [5, 5.41) is 2.93. The third kappa shape index (κ3) is 1.70. The maximum atomic E-state index is 7.57. The molecule has 2 aromatic heterocycles. The smallest absolute Gasteiger partial charge is 0.0611 e. The van der Waals surface area contributed by atoms with E-state index in [2.05, 4.69) is 11.1 Å². The number of pyridine rings is 1. The average molecular weight is 427 g/mol. The van der Waals surface area contributed by atoms with E-state index in [0.29, 0.717) is 5.65 Å². The van der Waals surface area contributed by atoms with Crippen LogP contribution in [0.3, 0.4) is 0 Å². The van der Waals surface area contributed by atoms with Gasteiger partial charge in [-0.05, 0) is 18.3 Å². The van der Waals surface area contributed by atoms with Crippen molar-refractivity contribution >= 4 is 27.3 Å². The topological polar surface area (TPSA) is 17.3 Å². The molecule has 0 saturated heterocycles. The van der Waals surface area contributed by atoms with Crippen molar-refractivity contribution in [2.45, 2.75) is 6.85 Å². The molecule has 0 aliphatic heterocycles. The number of nitrogens with zero attached hydrogens (tertiary/aromatic N) is 2. The third-order valence-electron chi connectivity index (χ3n) is 3.24. The fourth-order valence-electron chi connectivity index (χ4n) is 2.50. The maximum Gasteiger partial charge on any atom is 0.0611 e. The Morgan fingerprint density at radius 3 is 2.89 bits per heavy atom. The average Bonchev–Trinajstić information content (AvgIpc) is 2.93. The first-order chi connectivity index (χ1) is 10.1. The van der Waals surface area contributed by atoms with Crippen molar-refractivity contribution < 1.29 is 24.2 Å². The number of fused-ring (bicyclic) bond motifs is 6. The number of hydrogen-bond acceptors (Lipinski definition) is 1. The van der Waals surface area contributed by atoms with E-state index in [9.17, 15) is 0 Å². The molecule has 0 aliphatic carbocycles. The summed E-state index contributed by atoms with van der Waals surface area (Å²) in [5.74, 6) is 0. The van der Waals surface area contributed by atoms with Crippen LogP contribution in [0.25, 0.3) is 27.3 Å². The van der Waals surface area contributed by atoms with Crippen LogP contribution in [0.1, 0.15) is 9.81 Å². The van der Waals surface area contributed by atoms with E-state index in [4.69, 9.17) is 4.11 Å². The van der Waals surface area contributed by atoms with Gasteiger partial charge in [0.2, 0.25) is 0 Å². The molecule has 2 heterocycles. The van der Waals surface area contributed by atoms with Crippen LogP contribution >= 0.6 is 0 Å². The van der Waals surface area contributed by atoms with Crippen LogP contribution in [0.15, 0.2) is 48.7 Å². The predicted molar refractivity (Wildman–Crippen MR) is 73.8 cm³/mol. The van der Waals surface area contributed by atoms with Gasteiger partial charge in [0, 0.05) is 41.6 Å². The minimum Gasteiger partial charge on any atom is -0.340 e. The van der Waals surface area contributed by atoms with Gasteiger partial charge in [-0.3, -0.25) is 4.98 Å². The number of rotatable bonds is 0. The molecule has 0 bridgehead atoms. The number of aromatic nitrogens is 2. The molecule has 0 unspecified atom stereocenters. The molecule has 0 spiro atoms. The summed E-state index contributed by atoms with van der Waals surface area (Å²) in [6.07, 6.45) is 1.60. The first kappa shape index (κ1) is 9.24. The molecule has 3 heteroatoms. The molecule has 0 atom stereocenters. The van der Waals surface area contributed by atoms with Crippen molar-refractivity contribution in [2.75, 3.05) is 0 Å². The van der Waals surface area contributed by atoms with Crippen molar-refractivity contribution in [3.05, 3.63) is 60.4 Å². The van der Waals surface area contributed by atoms with Gasteiger partial charge >= 0.3 is 0 Å². The van der Waals surface area contributed by atoms with E-state index in [0.717, 1.165) is 21.7 Å². The Hall–Kier alpha value is -1.70. The first-order valence-corrected chi connectivity index (χ1v) is 5.76. The van der Waals surface area contributed by atoms with Crippen molar-refractivity contribution in [1.82, 2.24) is 9.38 Å². The molecule has 0 N–H and O–H groups in total. The molecule has 0 aliphatic rings. The second-order valence-electron chi connectivity index (χ2n) is 4.30. The summed E-state index contributed by atoms with van der Waals surface area (Å²) in [6.45, 7) is -2.21. The van der Waals surface area contributed by atoms with Crippen molar-refractivity contribution in [2.24, 2.45) is 0 Å². The van der Waals surface area contributed by atoms with Crippen LogP contribution < -0.4 is 0 Å². The van der Waals surface area contributed by atoms with Gasteiger partial charge in [-0.1, -0.05) is 23.6 Å². The number of hydrogen-bond donors (Lipinski definition) is 0. The van der Waals surface area contributed by atoms with Gasteiger partial charge in [0.1, 0.15) is 0 Å². The molecule has 4 rings (SSSR count). The normalized spacial score (nSPS) is 14.0. The summed E-state index contributed by atoms with van der Waals surface area (Å²) in [4.78, 5) is 4.33. The fraction of sp³-hybridized carbons (Fsp3) is 0.0625. The Morgan fingerprint density at radius 2 is 2.00 bits per heavy atom. The van der Waals surface area contributed by atoms with Gasteiger partial charge in [-0.2, -0.15) is 0 Å². The number of imidazole rings is 1. The van der Waals surface area contributed by atoms with E-state index in [-0.39, 0.29) is 25.8 Å². The zero-order valence-corrected chi connectivity index (χ0v) is 12.2. The molecule has 0 fully saturated rings. The molecule has 2 aromatic carbocycles. The largest absolute Gasteiger partial charge is 0.340 e. The number of aryl methyl sites for hydroxylation is 1. The zero-order chi connectivity index (χ0) is 14.6. The van der Waals surface area contributed by atoms with Gasteiger partial charge in [0.05, 0.1) is 5.65 Å². The number of benzene rings is 2. The number of para-hydroxylation sites is 1. The van der Waals surface area contributed by atoms with Gasteiger partial charge in [-0.25, -0.2) is 0 Å². The molecule has 4 aromatic rings. The second-order valence-corrected chi connectivity index (χ2v) is 4.30. The summed E-state index contributed by atoms with van der Waals surface area (Å²) >= 11 is 0. The van der Waals surface area contributed by atoms with Crippen LogP contribution in [0, 0.1) is 12.9 Å². The van der Waals surface area contributed by atoms with Crippen molar-refractivity contribution in [3.8, 4) is 0 Å². The summed E-state index contributed by atoms with van der Waals surface area (Å²) < 4.78 is 24.5. The molecule has 0 saturated carbocycles. The van der Waals surface area contributed by atoms with E-state index in [1.165, 1.54) is 0 Å². The molecule has 1 radical (unpaired) electrons. The van der Waals surface area contributed by atoms with Crippen LogP contribution in [-0.2, 0) is 20.1 Å². The minimum absolute atomic E-state index is 0. The minimum atomic E-state index is -2.21. The van der Waals surface area contributed by atoms with Gasteiger partial charge in [0.25, 0.3) is 0 Å². The molecular weight excluding hydrogens is 412 g/mol. The standard InChI is InChI=1S/C16H11N2.Ir/c1-11-10-18-15-9-5-4-7-13(15)12-6-2-3-8-14(12)16(18)17-11;/h2-7,9-10H,1H3;/q-1;/i1D3;. The van der Waals surface area contributed by atoms with Crippen molar-refractivity contribution in [1.29, 1.82) is 0 Å². The monoisotopic (exact) mass is 427 g/mol. The summed E-state index contributed by atoms with van der Waals surface area (Å²) in [6, 6.07) is 16.9. The van der Waals surface area contributed by atoms with Gasteiger partial charge in [0.15, 0.2) is 0 Å². The van der Waals surface area contributed by atoms with Crippen molar-refractivity contribution in [3.63, 3.8) is 0 Å². The van der Waals surface area contributed by atoms with Crippen LogP contribution in [0.4, 0.5) is 0 Å². The maximum absolute atomic E-state index is 7.57. The summed E-state index contributed by atoms with van der Waals surface area (Å²) in [7, 11) is 0. The fourth-order valence-corrected chi connectivity index (χ4v) is 2.50. The first-order valence-electron chi connectivity index (χ1n) is 7.26. The Balaban J connectivity index is 0.00000144. The van der Waals surface area contributed by atoms with Crippen LogP contribution in [0.2, 0.25) is 0 Å².